The minimum absolute atomic E-state index is 0.0994. The summed E-state index contributed by atoms with van der Waals surface area (Å²) >= 11 is 0. The Kier molecular flexibility index (Phi) is 6.96. The molecular weight excluding hydrogens is 618 g/mol. The zero-order chi connectivity index (χ0) is 32.4. The third kappa shape index (κ3) is 5.51. The lowest BCUT2D eigenvalue weighted by Crippen LogP contribution is -2.25. The Bertz CT molecular complexity index is 2140. The minimum atomic E-state index is -3.78. The van der Waals surface area contributed by atoms with Crippen molar-refractivity contribution in [2.75, 3.05) is 12.8 Å². The number of hydrogen-bond donors (Lipinski definition) is 1. The van der Waals surface area contributed by atoms with Crippen LogP contribution in [0.1, 0.15) is 47.9 Å². The molecule has 1 fully saturated rings. The van der Waals surface area contributed by atoms with Gasteiger partial charge in [-0.05, 0) is 80.3 Å². The fourth-order valence-electron chi connectivity index (χ4n) is 5.41. The van der Waals surface area contributed by atoms with Crippen LogP contribution in [0.3, 0.4) is 0 Å². The fourth-order valence-corrected chi connectivity index (χ4v) is 6.08. The number of carbonyl (C=O) groups excluding carboxylic acids is 1. The SMILES string of the molecule is CCNC(=O)c1cn(-c2ccc(-c3cccc(S(C)(=O)=O)c3)cc2-c2nc(C3CC3)oc2-c2ccc3c(c2)OC(F)(F)O3)c(C)n1. The molecule has 0 atom stereocenters. The van der Waals surface area contributed by atoms with Crippen LogP contribution in [-0.4, -0.2) is 48.0 Å². The maximum absolute atomic E-state index is 13.9. The van der Waals surface area contributed by atoms with E-state index in [1.807, 2.05) is 25.1 Å². The lowest BCUT2D eigenvalue weighted by molar-refractivity contribution is -0.286. The first-order valence-electron chi connectivity index (χ1n) is 14.6. The summed E-state index contributed by atoms with van der Waals surface area (Å²) in [4.78, 5) is 22.2. The summed E-state index contributed by atoms with van der Waals surface area (Å²) in [5.74, 6) is 0.923. The molecular formula is C33H28F2N4O6S. The van der Waals surface area contributed by atoms with Crippen molar-refractivity contribution < 1.29 is 35.9 Å². The van der Waals surface area contributed by atoms with Gasteiger partial charge < -0.3 is 23.8 Å². The fraction of sp³-hybridized carbons (Fsp3) is 0.242. The van der Waals surface area contributed by atoms with Crippen molar-refractivity contribution in [1.82, 2.24) is 19.9 Å². The van der Waals surface area contributed by atoms with Gasteiger partial charge in [-0.2, -0.15) is 0 Å². The molecule has 0 radical (unpaired) electrons. The standard InChI is InChI=1S/C33H28F2N4O6S/c1-4-36-31(40)25-17-39(18(2)37-25)26-12-10-21(20-6-5-7-23(14-20)46(3,41)42)15-24(26)29-30(43-32(38-29)19-8-9-19)22-11-13-27-28(16-22)45-33(34,35)44-27/h5-7,10-17,19H,4,8-9H2,1-3H3,(H,36,40). The van der Waals surface area contributed by atoms with Crippen molar-refractivity contribution in [1.29, 1.82) is 0 Å². The number of carbonyl (C=O) groups is 1. The van der Waals surface area contributed by atoms with Gasteiger partial charge in [0.15, 0.2) is 33.0 Å². The number of aryl methyl sites for hydroxylation is 1. The summed E-state index contributed by atoms with van der Waals surface area (Å²) in [5, 5.41) is 2.76. The lowest BCUT2D eigenvalue weighted by Gasteiger charge is -2.14. The van der Waals surface area contributed by atoms with Gasteiger partial charge in [0.25, 0.3) is 5.91 Å². The van der Waals surface area contributed by atoms with Crippen LogP contribution in [-0.2, 0) is 9.84 Å². The van der Waals surface area contributed by atoms with Gasteiger partial charge in [-0.1, -0.05) is 18.2 Å². The Hall–Kier alpha value is -5.04. The summed E-state index contributed by atoms with van der Waals surface area (Å²) < 4.78 is 69.9. The topological polar surface area (TPSA) is 126 Å². The Morgan fingerprint density at radius 2 is 1.74 bits per heavy atom. The molecule has 2 aromatic heterocycles. The molecule has 0 unspecified atom stereocenters. The number of nitrogens with zero attached hydrogens (tertiary/aromatic N) is 3. The Labute approximate surface area is 262 Å². The van der Waals surface area contributed by atoms with Crippen molar-refractivity contribution in [2.45, 2.75) is 43.8 Å². The van der Waals surface area contributed by atoms with Crippen molar-refractivity contribution in [3.05, 3.63) is 84.3 Å². The van der Waals surface area contributed by atoms with Gasteiger partial charge >= 0.3 is 6.29 Å². The van der Waals surface area contributed by atoms with E-state index in [0.717, 1.165) is 19.1 Å². The predicted octanol–water partition coefficient (Wildman–Crippen LogP) is 6.52. The highest BCUT2D eigenvalue weighted by atomic mass is 32.2. The van der Waals surface area contributed by atoms with Gasteiger partial charge in [0.05, 0.1) is 10.6 Å². The summed E-state index contributed by atoms with van der Waals surface area (Å²) in [6.45, 7) is 4.02. The van der Waals surface area contributed by atoms with Gasteiger partial charge in [-0.25, -0.2) is 18.4 Å². The van der Waals surface area contributed by atoms with Crippen LogP contribution in [0.15, 0.2) is 76.2 Å². The van der Waals surface area contributed by atoms with E-state index in [-0.39, 0.29) is 33.9 Å². The van der Waals surface area contributed by atoms with E-state index < -0.39 is 16.1 Å². The molecule has 7 rings (SSSR count). The van der Waals surface area contributed by atoms with Crippen LogP contribution in [0.25, 0.3) is 39.4 Å². The molecule has 3 heterocycles. The second-order valence-corrected chi connectivity index (χ2v) is 13.3. The number of nitrogens with one attached hydrogen (secondary N) is 1. The quantitative estimate of drug-likeness (QED) is 0.202. The van der Waals surface area contributed by atoms with Crippen LogP contribution >= 0.6 is 0 Å². The van der Waals surface area contributed by atoms with Crippen molar-refractivity contribution in [3.8, 4) is 50.9 Å². The van der Waals surface area contributed by atoms with Gasteiger partial charge in [0.1, 0.15) is 17.2 Å². The number of oxazole rings is 1. The smallest absolute Gasteiger partial charge is 0.440 e. The van der Waals surface area contributed by atoms with E-state index in [0.29, 0.717) is 57.7 Å². The molecule has 1 aliphatic carbocycles. The summed E-state index contributed by atoms with van der Waals surface area (Å²) in [6.07, 6.45) is 0.792. The minimum Gasteiger partial charge on any atom is -0.440 e. The van der Waals surface area contributed by atoms with Crippen molar-refractivity contribution >= 4 is 15.7 Å². The number of imidazole rings is 1. The van der Waals surface area contributed by atoms with Crippen LogP contribution in [0, 0.1) is 6.92 Å². The molecule has 236 valence electrons. The Morgan fingerprint density at radius 1 is 1.00 bits per heavy atom. The number of hydrogen-bond acceptors (Lipinski definition) is 8. The zero-order valence-electron chi connectivity index (χ0n) is 25.0. The average Bonchev–Trinajstić information content (AvgIpc) is 3.52. The highest BCUT2D eigenvalue weighted by molar-refractivity contribution is 7.90. The van der Waals surface area contributed by atoms with E-state index in [1.165, 1.54) is 18.2 Å². The first-order chi connectivity index (χ1) is 21.9. The molecule has 0 spiro atoms. The lowest BCUT2D eigenvalue weighted by atomic mass is 9.98. The van der Waals surface area contributed by atoms with Crippen LogP contribution in [0.2, 0.25) is 0 Å². The maximum atomic E-state index is 13.9. The van der Waals surface area contributed by atoms with Crippen LogP contribution < -0.4 is 14.8 Å². The number of amides is 1. The van der Waals surface area contributed by atoms with Gasteiger partial charge in [0.2, 0.25) is 0 Å². The summed E-state index contributed by atoms with van der Waals surface area (Å²) in [5.41, 5.74) is 3.64. The van der Waals surface area contributed by atoms with E-state index >= 15 is 0 Å². The monoisotopic (exact) mass is 646 g/mol. The highest BCUT2D eigenvalue weighted by Gasteiger charge is 2.43. The third-order valence-electron chi connectivity index (χ3n) is 7.79. The zero-order valence-corrected chi connectivity index (χ0v) is 25.8. The average molecular weight is 647 g/mol. The second-order valence-electron chi connectivity index (χ2n) is 11.3. The number of aromatic nitrogens is 3. The first-order valence-corrected chi connectivity index (χ1v) is 16.5. The largest absolute Gasteiger partial charge is 0.586 e. The molecule has 1 saturated carbocycles. The molecule has 1 N–H and O–H groups in total. The van der Waals surface area contributed by atoms with E-state index in [4.69, 9.17) is 14.1 Å². The number of fused-ring (bicyclic) bond motifs is 1. The second kappa shape index (κ2) is 10.8. The summed E-state index contributed by atoms with van der Waals surface area (Å²) in [7, 11) is -3.47. The number of sulfone groups is 1. The Balaban J connectivity index is 1.44. The molecule has 5 aromatic rings. The molecule has 2 aliphatic rings. The van der Waals surface area contributed by atoms with Crippen molar-refractivity contribution in [2.24, 2.45) is 0 Å². The number of alkyl halides is 2. The maximum Gasteiger partial charge on any atom is 0.586 e. The molecule has 3 aromatic carbocycles. The van der Waals surface area contributed by atoms with Gasteiger partial charge in [0, 0.05) is 36.0 Å². The van der Waals surface area contributed by atoms with Gasteiger partial charge in [-0.3, -0.25) is 4.79 Å². The highest BCUT2D eigenvalue weighted by Crippen LogP contribution is 2.48. The Morgan fingerprint density at radius 3 is 2.48 bits per heavy atom. The predicted molar refractivity (Wildman–Crippen MR) is 164 cm³/mol. The molecule has 13 heteroatoms. The summed E-state index contributed by atoms with van der Waals surface area (Å²) in [6, 6.07) is 16.6. The van der Waals surface area contributed by atoms with E-state index in [1.54, 1.807) is 42.0 Å². The number of halogens is 2. The molecule has 1 aliphatic heterocycles. The molecule has 0 bridgehead atoms. The van der Waals surface area contributed by atoms with Crippen LogP contribution in [0.4, 0.5) is 8.78 Å². The van der Waals surface area contributed by atoms with Crippen LogP contribution in [0.5, 0.6) is 11.5 Å². The van der Waals surface area contributed by atoms with Crippen molar-refractivity contribution in [3.63, 3.8) is 0 Å². The number of benzene rings is 3. The molecule has 0 saturated heterocycles. The molecule has 46 heavy (non-hydrogen) atoms. The number of ether oxygens (including phenoxy) is 2. The number of rotatable bonds is 8. The van der Waals surface area contributed by atoms with Gasteiger partial charge in [-0.15, -0.1) is 8.78 Å². The normalized spacial score (nSPS) is 15.2. The molecule has 10 nitrogen and oxygen atoms in total. The van der Waals surface area contributed by atoms with E-state index in [9.17, 15) is 22.0 Å². The molecule has 1 amide bonds. The third-order valence-corrected chi connectivity index (χ3v) is 8.90. The van der Waals surface area contributed by atoms with E-state index in [2.05, 4.69) is 15.0 Å². The first kappa shape index (κ1) is 29.7.